The van der Waals surface area contributed by atoms with Crippen molar-refractivity contribution in [2.75, 3.05) is 7.11 Å². The van der Waals surface area contributed by atoms with Crippen LogP contribution < -0.4 is 5.32 Å². The summed E-state index contributed by atoms with van der Waals surface area (Å²) in [6.45, 7) is 1.94. The second-order valence-electron chi connectivity index (χ2n) is 2.17. The van der Waals surface area contributed by atoms with Gasteiger partial charge in [0.1, 0.15) is 6.29 Å². The van der Waals surface area contributed by atoms with E-state index in [-0.39, 0.29) is 0 Å². The molecule has 1 N–H and O–H groups in total. The normalized spacial score (nSPS) is 11.8. The molecule has 64 valence electrons. The van der Waals surface area contributed by atoms with E-state index in [2.05, 4.69) is 10.1 Å². The van der Waals surface area contributed by atoms with Crippen molar-refractivity contribution >= 4 is 12.4 Å². The van der Waals surface area contributed by atoms with Crippen LogP contribution in [0.5, 0.6) is 0 Å². The second kappa shape index (κ2) is 5.70. The molecule has 0 aliphatic rings. The lowest BCUT2D eigenvalue weighted by atomic mass is 10.2. The highest BCUT2D eigenvalue weighted by atomic mass is 16.5. The molecule has 0 saturated heterocycles. The van der Waals surface area contributed by atoms with Gasteiger partial charge in [-0.3, -0.25) is 0 Å². The molecule has 0 spiro atoms. The van der Waals surface area contributed by atoms with E-state index in [1.165, 1.54) is 7.11 Å². The van der Waals surface area contributed by atoms with Crippen LogP contribution in [0.2, 0.25) is 0 Å². The van der Waals surface area contributed by atoms with Crippen LogP contribution in [0.1, 0.15) is 19.8 Å². The summed E-state index contributed by atoms with van der Waals surface area (Å²) in [7, 11) is 1.27. The van der Waals surface area contributed by atoms with Crippen LogP contribution in [-0.2, 0) is 9.53 Å². The van der Waals surface area contributed by atoms with Crippen LogP contribution in [0.25, 0.3) is 0 Å². The van der Waals surface area contributed by atoms with E-state index in [4.69, 9.17) is 0 Å². The number of hydrogen-bond donors (Lipinski definition) is 1. The summed E-state index contributed by atoms with van der Waals surface area (Å²) in [4.78, 5) is 20.8. The molecular formula is C7H13NO3. The quantitative estimate of drug-likeness (QED) is 0.614. The van der Waals surface area contributed by atoms with E-state index in [9.17, 15) is 9.59 Å². The highest BCUT2D eigenvalue weighted by Gasteiger charge is 2.08. The lowest BCUT2D eigenvalue weighted by molar-refractivity contribution is -0.109. The fraction of sp³-hybridized carbons (Fsp3) is 0.714. The van der Waals surface area contributed by atoms with Gasteiger partial charge in [-0.25, -0.2) is 4.79 Å². The van der Waals surface area contributed by atoms with Crippen LogP contribution in [0, 0.1) is 0 Å². The molecule has 0 bridgehead atoms. The number of carbonyl (C=O) groups is 2. The van der Waals surface area contributed by atoms with Crippen LogP contribution >= 0.6 is 0 Å². The van der Waals surface area contributed by atoms with Crippen molar-refractivity contribution in [1.82, 2.24) is 5.32 Å². The predicted molar refractivity (Wildman–Crippen MR) is 40.3 cm³/mol. The molecule has 1 amide bonds. The second-order valence-corrected chi connectivity index (χ2v) is 2.17. The molecule has 11 heavy (non-hydrogen) atoms. The van der Waals surface area contributed by atoms with E-state index < -0.39 is 12.1 Å². The van der Waals surface area contributed by atoms with Gasteiger partial charge in [-0.1, -0.05) is 13.3 Å². The zero-order valence-corrected chi connectivity index (χ0v) is 6.79. The summed E-state index contributed by atoms with van der Waals surface area (Å²) in [6, 6.07) is -0.410. The molecule has 1 atom stereocenters. The Kier molecular flexibility index (Phi) is 5.15. The first-order valence-electron chi connectivity index (χ1n) is 3.54. The molecule has 4 nitrogen and oxygen atoms in total. The summed E-state index contributed by atoms with van der Waals surface area (Å²) < 4.78 is 4.32. The number of methoxy groups -OCH3 is 1. The molecule has 0 aromatic heterocycles. The molecule has 0 saturated carbocycles. The molecule has 0 rings (SSSR count). The van der Waals surface area contributed by atoms with E-state index >= 15 is 0 Å². The van der Waals surface area contributed by atoms with E-state index in [1.807, 2.05) is 6.92 Å². The van der Waals surface area contributed by atoms with Crippen molar-refractivity contribution in [3.05, 3.63) is 0 Å². The zero-order chi connectivity index (χ0) is 8.69. The fourth-order valence-corrected chi connectivity index (χ4v) is 0.696. The summed E-state index contributed by atoms with van der Waals surface area (Å²) in [5.74, 6) is 0. The first-order valence-corrected chi connectivity index (χ1v) is 3.54. The minimum atomic E-state index is -0.560. The maximum Gasteiger partial charge on any atom is 0.407 e. The number of alkyl carbamates (subject to hydrolysis) is 1. The van der Waals surface area contributed by atoms with Crippen LogP contribution in [0.15, 0.2) is 0 Å². The summed E-state index contributed by atoms with van der Waals surface area (Å²) >= 11 is 0. The molecule has 0 heterocycles. The third kappa shape index (κ3) is 4.36. The van der Waals surface area contributed by atoms with E-state index in [0.29, 0.717) is 12.7 Å². The van der Waals surface area contributed by atoms with Gasteiger partial charge in [0.05, 0.1) is 13.2 Å². The van der Waals surface area contributed by atoms with Gasteiger partial charge in [-0.05, 0) is 6.42 Å². The molecule has 0 aromatic carbocycles. The summed E-state index contributed by atoms with van der Waals surface area (Å²) in [5, 5.41) is 2.39. The zero-order valence-electron chi connectivity index (χ0n) is 6.79. The van der Waals surface area contributed by atoms with Gasteiger partial charge in [-0.15, -0.1) is 0 Å². The topological polar surface area (TPSA) is 55.4 Å². The average Bonchev–Trinajstić information content (AvgIpc) is 2.03. The van der Waals surface area contributed by atoms with Crippen molar-refractivity contribution in [2.45, 2.75) is 25.8 Å². The number of rotatable bonds is 4. The van der Waals surface area contributed by atoms with Gasteiger partial charge in [0.2, 0.25) is 0 Å². The number of carbonyl (C=O) groups excluding carboxylic acids is 2. The summed E-state index contributed by atoms with van der Waals surface area (Å²) in [5.41, 5.74) is 0. The number of ether oxygens (including phenoxy) is 1. The maximum absolute atomic E-state index is 10.6. The number of hydrogen-bond acceptors (Lipinski definition) is 3. The van der Waals surface area contributed by atoms with Crippen molar-refractivity contribution in [3.8, 4) is 0 Å². The first-order chi connectivity index (χ1) is 5.24. The Morgan fingerprint density at radius 2 is 2.36 bits per heavy atom. The fourth-order valence-electron chi connectivity index (χ4n) is 0.696. The third-order valence-corrected chi connectivity index (χ3v) is 1.25. The first kappa shape index (κ1) is 9.94. The van der Waals surface area contributed by atoms with Gasteiger partial charge < -0.3 is 14.8 Å². The van der Waals surface area contributed by atoms with Crippen LogP contribution in [-0.4, -0.2) is 25.5 Å². The smallest absolute Gasteiger partial charge is 0.407 e. The van der Waals surface area contributed by atoms with Gasteiger partial charge in [-0.2, -0.15) is 0 Å². The largest absolute Gasteiger partial charge is 0.453 e. The highest BCUT2D eigenvalue weighted by molar-refractivity contribution is 5.72. The van der Waals surface area contributed by atoms with E-state index in [0.717, 1.165) is 6.42 Å². The summed E-state index contributed by atoms with van der Waals surface area (Å²) in [6.07, 6.45) is 1.66. The molecule has 0 aliphatic heterocycles. The lowest BCUT2D eigenvalue weighted by Crippen LogP contribution is -2.35. The highest BCUT2D eigenvalue weighted by Crippen LogP contribution is 1.92. The van der Waals surface area contributed by atoms with Crippen molar-refractivity contribution < 1.29 is 14.3 Å². The molecule has 4 heteroatoms. The SMILES string of the molecule is CCCC(C=O)NC(=O)OC. The van der Waals surface area contributed by atoms with Gasteiger partial charge >= 0.3 is 6.09 Å². The number of aldehydes is 1. The Morgan fingerprint density at radius 3 is 2.73 bits per heavy atom. The molecular weight excluding hydrogens is 146 g/mol. The Hall–Kier alpha value is -1.06. The minimum Gasteiger partial charge on any atom is -0.453 e. The third-order valence-electron chi connectivity index (χ3n) is 1.25. The average molecular weight is 159 g/mol. The van der Waals surface area contributed by atoms with Crippen molar-refractivity contribution in [3.63, 3.8) is 0 Å². The lowest BCUT2D eigenvalue weighted by Gasteiger charge is -2.09. The van der Waals surface area contributed by atoms with E-state index in [1.54, 1.807) is 0 Å². The maximum atomic E-state index is 10.6. The molecule has 0 aliphatic carbocycles. The Morgan fingerprint density at radius 1 is 1.73 bits per heavy atom. The van der Waals surface area contributed by atoms with Crippen molar-refractivity contribution in [2.24, 2.45) is 0 Å². The Labute approximate surface area is 65.9 Å². The standard InChI is InChI=1S/C7H13NO3/c1-3-4-6(5-9)8-7(10)11-2/h5-6H,3-4H2,1-2H3,(H,8,10). The van der Waals surface area contributed by atoms with Gasteiger partial charge in [0, 0.05) is 0 Å². The Balaban J connectivity index is 3.67. The Bertz CT molecular complexity index is 136. The molecule has 1 unspecified atom stereocenters. The predicted octanol–water partition coefficient (Wildman–Crippen LogP) is 0.710. The molecule has 0 radical (unpaired) electrons. The van der Waals surface area contributed by atoms with Crippen molar-refractivity contribution in [1.29, 1.82) is 0 Å². The minimum absolute atomic E-state index is 0.410. The monoisotopic (exact) mass is 159 g/mol. The van der Waals surface area contributed by atoms with Crippen LogP contribution in [0.4, 0.5) is 4.79 Å². The van der Waals surface area contributed by atoms with Gasteiger partial charge in [0.15, 0.2) is 0 Å². The van der Waals surface area contributed by atoms with Crippen LogP contribution in [0.3, 0.4) is 0 Å². The number of nitrogens with one attached hydrogen (secondary N) is 1. The number of amides is 1. The molecule has 0 aromatic rings. The molecule has 0 fully saturated rings. The van der Waals surface area contributed by atoms with Gasteiger partial charge in [0.25, 0.3) is 0 Å².